The largest absolute Gasteiger partial charge is 0.344 e. The van der Waals surface area contributed by atoms with Crippen LogP contribution in [0.5, 0.6) is 0 Å². The number of H-pyrrole nitrogens is 2. The number of hydrogen-bond donors (Lipinski definition) is 2. The fourth-order valence-corrected chi connectivity index (χ4v) is 3.41. The van der Waals surface area contributed by atoms with Crippen molar-refractivity contribution in [3.05, 3.63) is 44.1 Å². The molecule has 0 aromatic carbocycles. The summed E-state index contributed by atoms with van der Waals surface area (Å²) in [5.74, 6) is 1.70. The second kappa shape index (κ2) is 7.53. The van der Waals surface area contributed by atoms with Crippen molar-refractivity contribution in [3.8, 4) is 0 Å². The number of nitrogens with one attached hydrogen (secondary N) is 2. The average molecular weight is 378 g/mol. The lowest BCUT2D eigenvalue weighted by Gasteiger charge is -2.28. The Morgan fingerprint density at radius 3 is 2.69 bits per heavy atom. The van der Waals surface area contributed by atoms with Crippen molar-refractivity contribution in [1.82, 2.24) is 24.8 Å². The van der Waals surface area contributed by atoms with E-state index in [1.165, 1.54) is 0 Å². The molecule has 0 atom stereocenters. The summed E-state index contributed by atoms with van der Waals surface area (Å²) in [5, 5.41) is 0.539. The van der Waals surface area contributed by atoms with Crippen molar-refractivity contribution in [2.45, 2.75) is 71.9 Å². The van der Waals surface area contributed by atoms with E-state index in [1.807, 2.05) is 0 Å². The Morgan fingerprint density at radius 2 is 2.00 bits per heavy atom. The van der Waals surface area contributed by atoms with Gasteiger partial charge in [-0.15, -0.1) is 0 Å². The summed E-state index contributed by atoms with van der Waals surface area (Å²) >= 11 is 6.30. The Kier molecular flexibility index (Phi) is 5.53. The maximum absolute atomic E-state index is 12.6. The number of fused-ring (bicyclic) bond motifs is 1. The smallest absolute Gasteiger partial charge is 0.255 e. The van der Waals surface area contributed by atoms with Gasteiger partial charge in [-0.05, 0) is 6.42 Å². The van der Waals surface area contributed by atoms with Crippen LogP contribution in [0.3, 0.4) is 0 Å². The highest BCUT2D eigenvalue weighted by atomic mass is 35.5. The lowest BCUT2D eigenvalue weighted by atomic mass is 9.95. The Bertz CT molecular complexity index is 833. The van der Waals surface area contributed by atoms with Gasteiger partial charge in [0.25, 0.3) is 5.56 Å². The predicted octanol–water partition coefficient (Wildman–Crippen LogP) is 3.34. The molecule has 3 heterocycles. The summed E-state index contributed by atoms with van der Waals surface area (Å²) in [6, 6.07) is 0. The Labute approximate surface area is 159 Å². The van der Waals surface area contributed by atoms with Crippen molar-refractivity contribution >= 4 is 11.6 Å². The van der Waals surface area contributed by atoms with Crippen LogP contribution >= 0.6 is 11.6 Å². The van der Waals surface area contributed by atoms with E-state index >= 15 is 0 Å². The molecule has 2 aromatic rings. The standard InChI is InChI=1S/C19H28ClN5O/c1-5-6-7-15-21-14(16(20)23-15)11-25-9-8-13-12(10-25)17(26)24-18(22-13)19(2,3)4/h5-11H2,1-4H3,(H,21,23)(H,22,24,26). The molecule has 0 bridgehead atoms. The highest BCUT2D eigenvalue weighted by molar-refractivity contribution is 6.30. The van der Waals surface area contributed by atoms with Gasteiger partial charge in [-0.2, -0.15) is 0 Å². The number of aromatic nitrogens is 4. The molecule has 3 rings (SSSR count). The number of aryl methyl sites for hydroxylation is 1. The molecule has 0 spiro atoms. The van der Waals surface area contributed by atoms with E-state index in [-0.39, 0.29) is 11.0 Å². The maximum Gasteiger partial charge on any atom is 0.255 e. The highest BCUT2D eigenvalue weighted by Gasteiger charge is 2.25. The van der Waals surface area contributed by atoms with Gasteiger partial charge in [0.2, 0.25) is 0 Å². The number of imidazole rings is 1. The van der Waals surface area contributed by atoms with Crippen molar-refractivity contribution in [2.24, 2.45) is 0 Å². The van der Waals surface area contributed by atoms with Crippen LogP contribution in [-0.2, 0) is 31.3 Å². The number of hydrogen-bond acceptors (Lipinski definition) is 4. The first-order chi connectivity index (χ1) is 12.3. The minimum absolute atomic E-state index is 0.0241. The molecular formula is C19H28ClN5O. The molecule has 7 heteroatoms. The van der Waals surface area contributed by atoms with E-state index in [4.69, 9.17) is 16.6 Å². The van der Waals surface area contributed by atoms with E-state index < -0.39 is 0 Å². The Balaban J connectivity index is 1.75. The molecule has 26 heavy (non-hydrogen) atoms. The molecule has 0 saturated carbocycles. The monoisotopic (exact) mass is 377 g/mol. The van der Waals surface area contributed by atoms with Crippen LogP contribution in [0.25, 0.3) is 0 Å². The van der Waals surface area contributed by atoms with Gasteiger partial charge in [-0.25, -0.2) is 9.97 Å². The third kappa shape index (κ3) is 4.18. The van der Waals surface area contributed by atoms with Crippen LogP contribution in [0.1, 0.15) is 69.1 Å². The van der Waals surface area contributed by atoms with E-state index in [0.717, 1.165) is 60.8 Å². The Morgan fingerprint density at radius 1 is 1.23 bits per heavy atom. The molecule has 2 aromatic heterocycles. The van der Waals surface area contributed by atoms with Crippen LogP contribution in [0, 0.1) is 0 Å². The molecule has 0 unspecified atom stereocenters. The molecule has 0 saturated heterocycles. The number of rotatable bonds is 5. The van der Waals surface area contributed by atoms with Crippen LogP contribution in [0.15, 0.2) is 4.79 Å². The molecule has 0 fully saturated rings. The van der Waals surface area contributed by atoms with E-state index in [1.54, 1.807) is 0 Å². The van der Waals surface area contributed by atoms with Crippen LogP contribution in [0.2, 0.25) is 5.15 Å². The van der Waals surface area contributed by atoms with Gasteiger partial charge in [0.1, 0.15) is 11.6 Å². The molecule has 6 nitrogen and oxygen atoms in total. The molecule has 0 amide bonds. The second-order valence-electron chi connectivity index (χ2n) is 8.11. The van der Waals surface area contributed by atoms with Gasteiger partial charge in [0.15, 0.2) is 5.15 Å². The van der Waals surface area contributed by atoms with Crippen LogP contribution in [-0.4, -0.2) is 31.4 Å². The van der Waals surface area contributed by atoms with Gasteiger partial charge in [-0.3, -0.25) is 9.69 Å². The first-order valence-corrected chi connectivity index (χ1v) is 9.74. The zero-order valence-electron chi connectivity index (χ0n) is 16.1. The number of nitrogens with zero attached hydrogens (tertiary/aromatic N) is 3. The zero-order valence-corrected chi connectivity index (χ0v) is 16.8. The van der Waals surface area contributed by atoms with Crippen molar-refractivity contribution in [3.63, 3.8) is 0 Å². The maximum atomic E-state index is 12.6. The average Bonchev–Trinajstić information content (AvgIpc) is 2.92. The molecule has 1 aliphatic heterocycles. The molecule has 0 aliphatic carbocycles. The highest BCUT2D eigenvalue weighted by Crippen LogP contribution is 2.22. The van der Waals surface area contributed by atoms with Crippen molar-refractivity contribution < 1.29 is 0 Å². The number of aromatic amines is 2. The van der Waals surface area contributed by atoms with Gasteiger partial charge in [-0.1, -0.05) is 45.7 Å². The normalized spacial score (nSPS) is 15.3. The topological polar surface area (TPSA) is 77.7 Å². The fourth-order valence-electron chi connectivity index (χ4n) is 3.20. The molecule has 0 radical (unpaired) electrons. The molecule has 1 aliphatic rings. The number of halogens is 1. The summed E-state index contributed by atoms with van der Waals surface area (Å²) in [5.41, 5.74) is 2.44. The molecular weight excluding hydrogens is 350 g/mol. The van der Waals surface area contributed by atoms with E-state index in [9.17, 15) is 4.79 Å². The van der Waals surface area contributed by atoms with Gasteiger partial charge in [0, 0.05) is 37.9 Å². The fraction of sp³-hybridized carbons (Fsp3) is 0.632. The predicted molar refractivity (Wildman–Crippen MR) is 104 cm³/mol. The lowest BCUT2D eigenvalue weighted by Crippen LogP contribution is -2.37. The van der Waals surface area contributed by atoms with Gasteiger partial charge >= 0.3 is 0 Å². The van der Waals surface area contributed by atoms with Crippen molar-refractivity contribution in [2.75, 3.05) is 6.54 Å². The van der Waals surface area contributed by atoms with E-state index in [2.05, 4.69) is 47.5 Å². The van der Waals surface area contributed by atoms with Gasteiger partial charge < -0.3 is 9.97 Å². The summed E-state index contributed by atoms with van der Waals surface area (Å²) in [6.07, 6.45) is 3.91. The van der Waals surface area contributed by atoms with Crippen molar-refractivity contribution in [1.29, 1.82) is 0 Å². The summed E-state index contributed by atoms with van der Waals surface area (Å²) in [4.78, 5) is 30.2. The van der Waals surface area contributed by atoms with Crippen LogP contribution in [0.4, 0.5) is 0 Å². The number of unbranched alkanes of at least 4 members (excludes halogenated alkanes) is 1. The first kappa shape index (κ1) is 19.1. The van der Waals surface area contributed by atoms with Gasteiger partial charge in [0.05, 0.1) is 17.0 Å². The molecule has 142 valence electrons. The summed E-state index contributed by atoms with van der Waals surface area (Å²) < 4.78 is 0. The van der Waals surface area contributed by atoms with Crippen LogP contribution < -0.4 is 5.56 Å². The first-order valence-electron chi connectivity index (χ1n) is 9.36. The third-order valence-electron chi connectivity index (χ3n) is 4.78. The third-order valence-corrected chi connectivity index (χ3v) is 5.10. The minimum Gasteiger partial charge on any atom is -0.344 e. The lowest BCUT2D eigenvalue weighted by molar-refractivity contribution is 0.238. The summed E-state index contributed by atoms with van der Waals surface area (Å²) in [6.45, 7) is 10.4. The van der Waals surface area contributed by atoms with E-state index in [0.29, 0.717) is 18.2 Å². The summed E-state index contributed by atoms with van der Waals surface area (Å²) in [7, 11) is 0. The SMILES string of the molecule is CCCCc1nc(Cl)c(CN2CCc3nc(C(C)(C)C)[nH]c(=O)c3C2)[nH]1. The quantitative estimate of drug-likeness (QED) is 0.837. The molecule has 2 N–H and O–H groups in total. The Hall–Kier alpha value is -1.66. The minimum atomic E-state index is -0.163. The zero-order chi connectivity index (χ0) is 18.9. The second-order valence-corrected chi connectivity index (χ2v) is 8.46.